The molecular formula is C16H18N6O4. The van der Waals surface area contributed by atoms with Crippen molar-refractivity contribution in [1.29, 1.82) is 0 Å². The highest BCUT2D eigenvalue weighted by molar-refractivity contribution is 6.00. The smallest absolute Gasteiger partial charge is 0.316 e. The number of aromatic nitrogens is 2. The van der Waals surface area contributed by atoms with E-state index in [1.807, 2.05) is 0 Å². The van der Waals surface area contributed by atoms with E-state index in [2.05, 4.69) is 10.4 Å². The van der Waals surface area contributed by atoms with E-state index < -0.39 is 11.9 Å². The maximum atomic E-state index is 12.4. The van der Waals surface area contributed by atoms with Crippen LogP contribution in [0.5, 0.6) is 0 Å². The normalized spacial score (nSPS) is 14.1. The van der Waals surface area contributed by atoms with Gasteiger partial charge in [-0.05, 0) is 24.3 Å². The number of hydrogen-bond acceptors (Lipinski definition) is 5. The third-order valence-electron chi connectivity index (χ3n) is 3.88. The number of primary amides is 2. The van der Waals surface area contributed by atoms with Crippen molar-refractivity contribution in [2.24, 2.45) is 11.5 Å². The Kier molecular flexibility index (Phi) is 4.85. The lowest BCUT2D eigenvalue weighted by Gasteiger charge is -2.26. The molecule has 1 aromatic heterocycles. The fourth-order valence-corrected chi connectivity index (χ4v) is 2.62. The van der Waals surface area contributed by atoms with E-state index in [1.54, 1.807) is 29.2 Å². The predicted molar refractivity (Wildman–Crippen MR) is 92.0 cm³/mol. The minimum Gasteiger partial charge on any atom is -0.378 e. The van der Waals surface area contributed by atoms with Gasteiger partial charge in [-0.15, -0.1) is 0 Å². The Morgan fingerprint density at radius 3 is 2.31 bits per heavy atom. The monoisotopic (exact) mass is 358 g/mol. The first-order valence-electron chi connectivity index (χ1n) is 7.89. The van der Waals surface area contributed by atoms with Crippen molar-refractivity contribution < 1.29 is 19.1 Å². The van der Waals surface area contributed by atoms with Crippen LogP contribution in [0.1, 0.15) is 20.8 Å². The van der Waals surface area contributed by atoms with Gasteiger partial charge in [0.25, 0.3) is 11.8 Å². The predicted octanol–water partition coefficient (Wildman–Crippen LogP) is -0.0658. The average Bonchev–Trinajstić information content (AvgIpc) is 3.05. The lowest BCUT2D eigenvalue weighted by molar-refractivity contribution is 0.0303. The first kappa shape index (κ1) is 17.4. The summed E-state index contributed by atoms with van der Waals surface area (Å²) in [5.41, 5.74) is 11.5. The van der Waals surface area contributed by atoms with Crippen molar-refractivity contribution in [2.45, 2.75) is 0 Å². The van der Waals surface area contributed by atoms with Gasteiger partial charge in [-0.3, -0.25) is 9.59 Å². The zero-order chi connectivity index (χ0) is 18.7. The van der Waals surface area contributed by atoms with Crippen molar-refractivity contribution in [3.63, 3.8) is 0 Å². The van der Waals surface area contributed by atoms with Gasteiger partial charge in [0.15, 0.2) is 5.69 Å². The molecule has 10 heteroatoms. The molecule has 2 heterocycles. The van der Waals surface area contributed by atoms with Crippen molar-refractivity contribution in [3.8, 4) is 5.69 Å². The molecule has 26 heavy (non-hydrogen) atoms. The summed E-state index contributed by atoms with van der Waals surface area (Å²) in [5, 5.41) is 6.36. The number of ether oxygens (including phenoxy) is 1. The second-order valence-electron chi connectivity index (χ2n) is 5.64. The number of benzene rings is 1. The first-order chi connectivity index (χ1) is 12.5. The lowest BCUT2D eigenvalue weighted by atomic mass is 10.1. The van der Waals surface area contributed by atoms with Crippen LogP contribution in [-0.4, -0.2) is 58.8 Å². The van der Waals surface area contributed by atoms with Gasteiger partial charge >= 0.3 is 6.03 Å². The molecule has 1 aliphatic rings. The van der Waals surface area contributed by atoms with Crippen LogP contribution in [0.25, 0.3) is 5.69 Å². The molecule has 4 amide bonds. The summed E-state index contributed by atoms with van der Waals surface area (Å²) in [6, 6.07) is 5.86. The number of nitrogens with zero attached hydrogens (tertiary/aromatic N) is 3. The van der Waals surface area contributed by atoms with Crippen LogP contribution in [0.4, 0.5) is 10.5 Å². The highest BCUT2D eigenvalue weighted by Gasteiger charge is 2.19. The molecule has 0 aliphatic carbocycles. The van der Waals surface area contributed by atoms with Gasteiger partial charge in [-0.1, -0.05) is 0 Å². The Labute approximate surface area is 148 Å². The van der Waals surface area contributed by atoms with E-state index >= 15 is 0 Å². The van der Waals surface area contributed by atoms with Gasteiger partial charge in [0.2, 0.25) is 0 Å². The quantitative estimate of drug-likeness (QED) is 0.700. The van der Waals surface area contributed by atoms with Crippen LogP contribution >= 0.6 is 0 Å². The van der Waals surface area contributed by atoms with E-state index in [0.717, 1.165) is 0 Å². The summed E-state index contributed by atoms with van der Waals surface area (Å²) in [6.07, 6.45) is 1.42. The molecule has 2 aromatic rings. The molecule has 0 atom stereocenters. The van der Waals surface area contributed by atoms with Gasteiger partial charge in [0.1, 0.15) is 0 Å². The van der Waals surface area contributed by atoms with Crippen LogP contribution < -0.4 is 16.8 Å². The topological polar surface area (TPSA) is 146 Å². The zero-order valence-electron chi connectivity index (χ0n) is 13.8. The number of nitrogens with two attached hydrogens (primary N) is 2. The molecular weight excluding hydrogens is 340 g/mol. The molecule has 10 nitrogen and oxygen atoms in total. The number of carbonyl (C=O) groups excluding carboxylic acids is 3. The standard InChI is InChI=1S/C16H18N6O4/c17-14(23)13-12(19-16(18)25)9-22(20-13)11-3-1-10(2-4-11)15(24)21-5-7-26-8-6-21/h1-4,9H,5-8H2,(H2,17,23)(H3,18,19,25). The average molecular weight is 358 g/mol. The molecule has 136 valence electrons. The third kappa shape index (κ3) is 3.64. The number of morpholine rings is 1. The van der Waals surface area contributed by atoms with Gasteiger partial charge < -0.3 is 26.4 Å². The van der Waals surface area contributed by atoms with E-state index in [1.165, 1.54) is 10.9 Å². The summed E-state index contributed by atoms with van der Waals surface area (Å²) in [6.45, 7) is 2.18. The highest BCUT2D eigenvalue weighted by atomic mass is 16.5. The fourth-order valence-electron chi connectivity index (χ4n) is 2.62. The zero-order valence-corrected chi connectivity index (χ0v) is 13.8. The summed E-state index contributed by atoms with van der Waals surface area (Å²) >= 11 is 0. The van der Waals surface area contributed by atoms with Crippen LogP contribution in [0, 0.1) is 0 Å². The Bertz CT molecular complexity index is 839. The Balaban J connectivity index is 1.83. The lowest BCUT2D eigenvalue weighted by Crippen LogP contribution is -2.40. The van der Waals surface area contributed by atoms with Crippen LogP contribution in [0.3, 0.4) is 0 Å². The van der Waals surface area contributed by atoms with E-state index in [9.17, 15) is 14.4 Å². The summed E-state index contributed by atoms with van der Waals surface area (Å²) < 4.78 is 6.61. The number of nitrogens with one attached hydrogen (secondary N) is 1. The second kappa shape index (κ2) is 7.23. The minimum atomic E-state index is -0.835. The van der Waals surface area contributed by atoms with Gasteiger partial charge in [0.05, 0.1) is 30.8 Å². The largest absolute Gasteiger partial charge is 0.378 e. The second-order valence-corrected chi connectivity index (χ2v) is 5.64. The molecule has 0 radical (unpaired) electrons. The number of urea groups is 1. The van der Waals surface area contributed by atoms with Crippen molar-refractivity contribution in [2.75, 3.05) is 31.6 Å². The molecule has 1 aliphatic heterocycles. The number of amides is 4. The molecule has 5 N–H and O–H groups in total. The SMILES string of the molecule is NC(=O)Nc1cn(-c2ccc(C(=O)N3CCOCC3)cc2)nc1C(N)=O. The van der Waals surface area contributed by atoms with Crippen molar-refractivity contribution in [3.05, 3.63) is 41.7 Å². The van der Waals surface area contributed by atoms with Gasteiger partial charge in [0, 0.05) is 18.7 Å². The maximum absolute atomic E-state index is 12.4. The van der Waals surface area contributed by atoms with Crippen molar-refractivity contribution >= 4 is 23.5 Å². The molecule has 3 rings (SSSR count). The summed E-state index contributed by atoms with van der Waals surface area (Å²) in [4.78, 5) is 36.7. The third-order valence-corrected chi connectivity index (χ3v) is 3.88. The minimum absolute atomic E-state index is 0.0748. The molecule has 0 unspecified atom stereocenters. The summed E-state index contributed by atoms with van der Waals surface area (Å²) in [7, 11) is 0. The van der Waals surface area contributed by atoms with E-state index in [-0.39, 0.29) is 17.3 Å². The van der Waals surface area contributed by atoms with E-state index in [4.69, 9.17) is 16.2 Å². The fraction of sp³-hybridized carbons (Fsp3) is 0.250. The molecule has 0 saturated carbocycles. The summed E-state index contributed by atoms with van der Waals surface area (Å²) in [5.74, 6) is -0.874. The van der Waals surface area contributed by atoms with Gasteiger partial charge in [-0.25, -0.2) is 9.48 Å². The molecule has 1 fully saturated rings. The first-order valence-corrected chi connectivity index (χ1v) is 7.89. The molecule has 1 aromatic carbocycles. The Hall–Kier alpha value is -3.40. The Morgan fingerprint density at radius 2 is 1.73 bits per heavy atom. The molecule has 1 saturated heterocycles. The number of hydrogen-bond donors (Lipinski definition) is 3. The number of rotatable bonds is 4. The van der Waals surface area contributed by atoms with E-state index in [0.29, 0.717) is 37.6 Å². The van der Waals surface area contributed by atoms with Crippen LogP contribution in [-0.2, 0) is 4.74 Å². The molecule has 0 bridgehead atoms. The van der Waals surface area contributed by atoms with Crippen molar-refractivity contribution in [1.82, 2.24) is 14.7 Å². The maximum Gasteiger partial charge on any atom is 0.316 e. The molecule has 0 spiro atoms. The van der Waals surface area contributed by atoms with Crippen LogP contribution in [0.15, 0.2) is 30.5 Å². The van der Waals surface area contributed by atoms with Gasteiger partial charge in [-0.2, -0.15) is 5.10 Å². The number of carbonyl (C=O) groups is 3. The van der Waals surface area contributed by atoms with Crippen LogP contribution in [0.2, 0.25) is 0 Å². The Morgan fingerprint density at radius 1 is 1.08 bits per heavy atom. The number of anilines is 1. The highest BCUT2D eigenvalue weighted by Crippen LogP contribution is 2.18.